The zero-order chi connectivity index (χ0) is 22.6. The highest BCUT2D eigenvalue weighted by atomic mass is 32.2. The Morgan fingerprint density at radius 1 is 1.19 bits per heavy atom. The maximum atomic E-state index is 12.5. The van der Waals surface area contributed by atoms with Gasteiger partial charge in [0.25, 0.3) is 11.8 Å². The highest BCUT2D eigenvalue weighted by molar-refractivity contribution is 7.98. The molecule has 3 rings (SSSR count). The minimum absolute atomic E-state index is 0.00301. The highest BCUT2D eigenvalue weighted by Gasteiger charge is 2.28. The molecule has 164 valence electrons. The molecule has 0 atom stereocenters. The molecule has 0 bridgehead atoms. The number of alkyl halides is 3. The summed E-state index contributed by atoms with van der Waals surface area (Å²) in [7, 11) is 1.87. The highest BCUT2D eigenvalue weighted by Crippen LogP contribution is 2.23. The Hall–Kier alpha value is -3.21. The van der Waals surface area contributed by atoms with E-state index in [4.69, 9.17) is 4.42 Å². The van der Waals surface area contributed by atoms with Crippen LogP contribution in [0.1, 0.15) is 32.2 Å². The van der Waals surface area contributed by atoms with E-state index in [0.29, 0.717) is 22.8 Å². The van der Waals surface area contributed by atoms with E-state index in [1.807, 2.05) is 17.8 Å². The lowest BCUT2D eigenvalue weighted by Gasteiger charge is -2.11. The molecule has 0 unspecified atom stereocenters. The number of nitrogens with zero attached hydrogens (tertiary/aromatic N) is 2. The summed E-state index contributed by atoms with van der Waals surface area (Å²) in [5, 5.41) is 5.23. The summed E-state index contributed by atoms with van der Waals surface area (Å²) in [6, 6.07) is 7.45. The quantitative estimate of drug-likeness (QED) is 0.526. The summed E-state index contributed by atoms with van der Waals surface area (Å²) in [5.74, 6) is -0.299. The van der Waals surface area contributed by atoms with Gasteiger partial charge in [-0.15, -0.1) is 0 Å². The fourth-order valence-corrected chi connectivity index (χ4v) is 3.39. The molecule has 2 N–H and O–H groups in total. The predicted octanol–water partition coefficient (Wildman–Crippen LogP) is 4.16. The summed E-state index contributed by atoms with van der Waals surface area (Å²) in [5.41, 5.74) is 0.930. The molecule has 7 nitrogen and oxygen atoms in total. The Balaban J connectivity index is 1.64. The van der Waals surface area contributed by atoms with Gasteiger partial charge in [0.15, 0.2) is 10.9 Å². The Morgan fingerprint density at radius 2 is 1.97 bits per heavy atom. The number of benzene rings is 1. The number of halogens is 3. The first kappa shape index (κ1) is 22.5. The Labute approximate surface area is 180 Å². The number of carbonyl (C=O) groups excluding carboxylic acids is 2. The third-order valence-electron chi connectivity index (χ3n) is 4.20. The van der Waals surface area contributed by atoms with Crippen molar-refractivity contribution in [3.05, 3.63) is 65.4 Å². The molecule has 0 radical (unpaired) electrons. The largest absolute Gasteiger partial charge is 0.455 e. The third-order valence-corrected chi connectivity index (χ3v) is 5.28. The number of amides is 2. The first-order valence-electron chi connectivity index (χ1n) is 9.08. The van der Waals surface area contributed by atoms with Gasteiger partial charge in [-0.05, 0) is 36.8 Å². The van der Waals surface area contributed by atoms with Gasteiger partial charge in [0.2, 0.25) is 0 Å². The van der Waals surface area contributed by atoms with Gasteiger partial charge in [0, 0.05) is 30.7 Å². The maximum Gasteiger partial charge on any atom is 0.405 e. The van der Waals surface area contributed by atoms with E-state index in [0.717, 1.165) is 5.16 Å². The van der Waals surface area contributed by atoms with Crippen LogP contribution in [0.5, 0.6) is 0 Å². The smallest absolute Gasteiger partial charge is 0.405 e. The lowest BCUT2D eigenvalue weighted by Crippen LogP contribution is -2.33. The van der Waals surface area contributed by atoms with E-state index in [9.17, 15) is 22.8 Å². The van der Waals surface area contributed by atoms with Gasteiger partial charge in [-0.1, -0.05) is 17.8 Å². The molecule has 0 aliphatic carbocycles. The van der Waals surface area contributed by atoms with Crippen molar-refractivity contribution in [1.29, 1.82) is 0 Å². The van der Waals surface area contributed by atoms with Crippen LogP contribution in [-0.2, 0) is 12.8 Å². The van der Waals surface area contributed by atoms with E-state index < -0.39 is 24.5 Å². The molecule has 2 heterocycles. The molecule has 0 spiro atoms. The van der Waals surface area contributed by atoms with Gasteiger partial charge in [0.1, 0.15) is 12.3 Å². The second-order valence-electron chi connectivity index (χ2n) is 6.66. The molecule has 0 fully saturated rings. The average Bonchev–Trinajstić information content (AvgIpc) is 3.34. The third kappa shape index (κ3) is 6.14. The van der Waals surface area contributed by atoms with E-state index in [1.54, 1.807) is 24.5 Å². The number of rotatable bonds is 7. The second-order valence-corrected chi connectivity index (χ2v) is 7.60. The SMILES string of the molecule is Cc1ccc(C(=O)NCC(F)(F)F)cc1NC(=O)c1ccc(CSc2nccn2C)o1. The Bertz CT molecular complexity index is 1090. The molecular weight excluding hydrogens is 433 g/mol. The first-order chi connectivity index (χ1) is 14.6. The van der Waals surface area contributed by atoms with Gasteiger partial charge in [-0.2, -0.15) is 13.2 Å². The molecule has 3 aromatic rings. The molecule has 1 aromatic carbocycles. The van der Waals surface area contributed by atoms with Crippen molar-refractivity contribution in [2.75, 3.05) is 11.9 Å². The summed E-state index contributed by atoms with van der Waals surface area (Å²) in [6.07, 6.45) is -1.00. The van der Waals surface area contributed by atoms with Crippen LogP contribution < -0.4 is 10.6 Å². The van der Waals surface area contributed by atoms with E-state index in [2.05, 4.69) is 10.3 Å². The van der Waals surface area contributed by atoms with Crippen LogP contribution in [0.3, 0.4) is 0 Å². The molecule has 31 heavy (non-hydrogen) atoms. The number of furan rings is 1. The molecule has 2 amide bonds. The van der Waals surface area contributed by atoms with Crippen molar-refractivity contribution < 1.29 is 27.2 Å². The fourth-order valence-electron chi connectivity index (χ4n) is 2.57. The topological polar surface area (TPSA) is 89.2 Å². The monoisotopic (exact) mass is 452 g/mol. The molecule has 0 aliphatic rings. The fraction of sp³-hybridized carbons (Fsp3) is 0.250. The minimum Gasteiger partial charge on any atom is -0.455 e. The van der Waals surface area contributed by atoms with E-state index in [1.165, 1.54) is 36.0 Å². The number of imidazole rings is 1. The van der Waals surface area contributed by atoms with Crippen molar-refractivity contribution in [1.82, 2.24) is 14.9 Å². The summed E-state index contributed by atoms with van der Waals surface area (Å²) in [4.78, 5) is 28.7. The van der Waals surface area contributed by atoms with Crippen molar-refractivity contribution in [3.8, 4) is 0 Å². The number of carbonyl (C=O) groups is 2. The predicted molar refractivity (Wildman–Crippen MR) is 109 cm³/mol. The minimum atomic E-state index is -4.51. The number of hydrogen-bond donors (Lipinski definition) is 2. The summed E-state index contributed by atoms with van der Waals surface area (Å²) < 4.78 is 44.3. The number of thioether (sulfide) groups is 1. The van der Waals surface area contributed by atoms with Crippen molar-refractivity contribution >= 4 is 29.3 Å². The van der Waals surface area contributed by atoms with Crippen LogP contribution in [0.2, 0.25) is 0 Å². The van der Waals surface area contributed by atoms with Crippen LogP contribution in [0.25, 0.3) is 0 Å². The zero-order valence-electron chi connectivity index (χ0n) is 16.6. The number of anilines is 1. The first-order valence-corrected chi connectivity index (χ1v) is 10.1. The molecule has 0 saturated carbocycles. The zero-order valence-corrected chi connectivity index (χ0v) is 17.4. The number of aryl methyl sites for hydroxylation is 2. The molecule has 0 aliphatic heterocycles. The van der Waals surface area contributed by atoms with Crippen molar-refractivity contribution in [3.63, 3.8) is 0 Å². The number of nitrogens with one attached hydrogen (secondary N) is 2. The van der Waals surface area contributed by atoms with Gasteiger partial charge in [0.05, 0.1) is 5.75 Å². The second kappa shape index (κ2) is 9.29. The van der Waals surface area contributed by atoms with Crippen LogP contribution >= 0.6 is 11.8 Å². The maximum absolute atomic E-state index is 12.5. The van der Waals surface area contributed by atoms with Gasteiger partial charge >= 0.3 is 6.18 Å². The average molecular weight is 452 g/mol. The van der Waals surface area contributed by atoms with Crippen molar-refractivity contribution in [2.45, 2.75) is 24.0 Å². The van der Waals surface area contributed by atoms with Crippen molar-refractivity contribution in [2.24, 2.45) is 7.05 Å². The lowest BCUT2D eigenvalue weighted by atomic mass is 10.1. The van der Waals surface area contributed by atoms with Gasteiger partial charge in [-0.3, -0.25) is 9.59 Å². The summed E-state index contributed by atoms with van der Waals surface area (Å²) in [6.45, 7) is 0.261. The van der Waals surface area contributed by atoms with Crippen LogP contribution in [-0.4, -0.2) is 34.1 Å². The van der Waals surface area contributed by atoms with Crippen LogP contribution in [0.4, 0.5) is 18.9 Å². The Morgan fingerprint density at radius 3 is 2.65 bits per heavy atom. The van der Waals surface area contributed by atoms with E-state index >= 15 is 0 Å². The molecule has 0 saturated heterocycles. The van der Waals surface area contributed by atoms with Gasteiger partial charge in [-0.25, -0.2) is 4.98 Å². The normalized spacial score (nSPS) is 11.4. The number of aromatic nitrogens is 2. The lowest BCUT2D eigenvalue weighted by molar-refractivity contribution is -0.123. The molecular formula is C20H19F3N4O3S. The van der Waals surface area contributed by atoms with E-state index in [-0.39, 0.29) is 11.3 Å². The van der Waals surface area contributed by atoms with Gasteiger partial charge < -0.3 is 19.6 Å². The standard InChI is InChI=1S/C20H19F3N4O3S/c1-12-3-4-13(17(28)25-11-20(21,22)23)9-15(12)26-18(29)16-6-5-14(30-16)10-31-19-24-7-8-27(19)2/h3-9H,10-11H2,1-2H3,(H,25,28)(H,26,29). The van der Waals surface area contributed by atoms with Crippen LogP contribution in [0, 0.1) is 6.92 Å². The molecule has 2 aromatic heterocycles. The summed E-state index contributed by atoms with van der Waals surface area (Å²) >= 11 is 1.45. The van der Waals surface area contributed by atoms with Crippen LogP contribution in [0.15, 0.2) is 52.3 Å². The number of hydrogen-bond acceptors (Lipinski definition) is 5. The molecule has 11 heteroatoms. The Kier molecular flexibility index (Phi) is 6.74.